The van der Waals surface area contributed by atoms with Gasteiger partial charge in [0.15, 0.2) is 0 Å². The molecule has 2 rings (SSSR count). The Labute approximate surface area is 151 Å². The van der Waals surface area contributed by atoms with E-state index in [-0.39, 0.29) is 5.41 Å². The second-order valence-electron chi connectivity index (χ2n) is 6.52. The van der Waals surface area contributed by atoms with Gasteiger partial charge in [0.25, 0.3) is 0 Å². The quantitative estimate of drug-likeness (QED) is 0.703. The van der Waals surface area contributed by atoms with Gasteiger partial charge in [0.2, 0.25) is 0 Å². The molecule has 0 aromatic heterocycles. The lowest BCUT2D eigenvalue weighted by Gasteiger charge is -2.22. The first-order valence-electron chi connectivity index (χ1n) is 7.62. The van der Waals surface area contributed by atoms with Gasteiger partial charge in [-0.3, -0.25) is 4.90 Å². The zero-order valence-electron chi connectivity index (χ0n) is 14.6. The molecule has 0 radical (unpaired) electrons. The average Bonchev–Trinajstić information content (AvgIpc) is 2.54. The van der Waals surface area contributed by atoms with E-state index in [2.05, 4.69) is 36.7 Å². The van der Waals surface area contributed by atoms with Crippen LogP contribution < -0.4 is 14.4 Å². The van der Waals surface area contributed by atoms with Crippen molar-refractivity contribution in [2.24, 2.45) is 0 Å². The molecule has 24 heavy (non-hydrogen) atoms. The normalized spacial score (nSPS) is 11.1. The Kier molecular flexibility index (Phi) is 5.54. The standard InChI is InChI=1S/C19H22BrNO3/c1-19(2,3)16-12-15(9-10-17(16)20)24-18(22)21(4)13-7-6-8-14(11-13)23-5/h6-12H,1-5H3. The smallest absolute Gasteiger partial charge is 0.419 e. The maximum absolute atomic E-state index is 12.4. The number of amides is 1. The zero-order chi connectivity index (χ0) is 17.9. The van der Waals surface area contributed by atoms with Gasteiger partial charge in [0, 0.05) is 17.6 Å². The molecule has 0 bridgehead atoms. The Morgan fingerprint density at radius 2 is 1.79 bits per heavy atom. The maximum atomic E-state index is 12.4. The van der Waals surface area contributed by atoms with Crippen molar-refractivity contribution in [2.45, 2.75) is 26.2 Å². The van der Waals surface area contributed by atoms with Crippen LogP contribution in [0.1, 0.15) is 26.3 Å². The van der Waals surface area contributed by atoms with Crippen molar-refractivity contribution in [3.8, 4) is 11.5 Å². The van der Waals surface area contributed by atoms with Crippen LogP contribution in [0.25, 0.3) is 0 Å². The number of rotatable bonds is 3. The van der Waals surface area contributed by atoms with Crippen LogP contribution >= 0.6 is 15.9 Å². The Morgan fingerprint density at radius 1 is 1.08 bits per heavy atom. The topological polar surface area (TPSA) is 38.8 Å². The SMILES string of the molecule is COc1cccc(N(C)C(=O)Oc2ccc(Br)c(C(C)(C)C)c2)c1. The van der Waals surface area contributed by atoms with E-state index >= 15 is 0 Å². The van der Waals surface area contributed by atoms with Crippen LogP contribution in [0, 0.1) is 0 Å². The van der Waals surface area contributed by atoms with E-state index in [0.717, 1.165) is 10.0 Å². The van der Waals surface area contributed by atoms with E-state index in [0.29, 0.717) is 17.2 Å². The molecule has 0 saturated carbocycles. The molecule has 0 aliphatic rings. The van der Waals surface area contributed by atoms with Crippen molar-refractivity contribution in [3.63, 3.8) is 0 Å². The van der Waals surface area contributed by atoms with Crippen molar-refractivity contribution in [1.82, 2.24) is 0 Å². The molecule has 2 aromatic carbocycles. The predicted octanol–water partition coefficient (Wildman–Crippen LogP) is 5.39. The molecular weight excluding hydrogens is 370 g/mol. The van der Waals surface area contributed by atoms with Crippen LogP contribution in [0.15, 0.2) is 46.9 Å². The van der Waals surface area contributed by atoms with Crippen molar-refractivity contribution in [2.75, 3.05) is 19.1 Å². The minimum atomic E-state index is -0.453. The number of benzene rings is 2. The molecule has 4 nitrogen and oxygen atoms in total. The fraction of sp³-hybridized carbons (Fsp3) is 0.316. The first kappa shape index (κ1) is 18.3. The van der Waals surface area contributed by atoms with E-state index in [1.54, 1.807) is 26.3 Å². The number of nitrogens with zero attached hydrogens (tertiary/aromatic N) is 1. The lowest BCUT2D eigenvalue weighted by atomic mass is 9.87. The summed E-state index contributed by atoms with van der Waals surface area (Å²) in [6.45, 7) is 6.34. The Bertz CT molecular complexity index is 738. The number of hydrogen-bond acceptors (Lipinski definition) is 3. The van der Waals surface area contributed by atoms with E-state index in [9.17, 15) is 4.79 Å². The second kappa shape index (κ2) is 7.26. The number of ether oxygens (including phenoxy) is 2. The second-order valence-corrected chi connectivity index (χ2v) is 7.37. The van der Waals surface area contributed by atoms with Crippen LogP contribution in [0.2, 0.25) is 0 Å². The number of carbonyl (C=O) groups is 1. The molecule has 0 heterocycles. The first-order valence-corrected chi connectivity index (χ1v) is 8.41. The Balaban J connectivity index is 2.20. The zero-order valence-corrected chi connectivity index (χ0v) is 16.2. The summed E-state index contributed by atoms with van der Waals surface area (Å²) >= 11 is 3.55. The molecule has 1 amide bonds. The van der Waals surface area contributed by atoms with Gasteiger partial charge in [0.05, 0.1) is 12.8 Å². The number of halogens is 1. The predicted molar refractivity (Wildman–Crippen MR) is 100 cm³/mol. The average molecular weight is 392 g/mol. The largest absolute Gasteiger partial charge is 0.497 e. The summed E-state index contributed by atoms with van der Waals surface area (Å²) in [5.41, 5.74) is 1.73. The van der Waals surface area contributed by atoms with Crippen molar-refractivity contribution < 1.29 is 14.3 Å². The van der Waals surface area contributed by atoms with Crippen LogP contribution in [0.3, 0.4) is 0 Å². The highest BCUT2D eigenvalue weighted by Crippen LogP contribution is 2.33. The van der Waals surface area contributed by atoms with Gasteiger partial charge in [-0.25, -0.2) is 4.79 Å². The summed E-state index contributed by atoms with van der Waals surface area (Å²) in [6.07, 6.45) is -0.453. The summed E-state index contributed by atoms with van der Waals surface area (Å²) in [5.74, 6) is 1.20. The number of anilines is 1. The molecule has 0 saturated heterocycles. The van der Waals surface area contributed by atoms with Crippen molar-refractivity contribution in [1.29, 1.82) is 0 Å². The fourth-order valence-electron chi connectivity index (χ4n) is 2.24. The third-order valence-corrected chi connectivity index (χ3v) is 4.36. The van der Waals surface area contributed by atoms with E-state index in [1.807, 2.05) is 30.3 Å². The summed E-state index contributed by atoms with van der Waals surface area (Å²) in [4.78, 5) is 13.9. The molecule has 5 heteroatoms. The van der Waals surface area contributed by atoms with Crippen LogP contribution in [0.4, 0.5) is 10.5 Å². The molecule has 128 valence electrons. The third kappa shape index (κ3) is 4.29. The van der Waals surface area contributed by atoms with Crippen molar-refractivity contribution in [3.05, 3.63) is 52.5 Å². The number of methoxy groups -OCH3 is 1. The summed E-state index contributed by atoms with van der Waals surface area (Å²) in [6, 6.07) is 12.8. The fourth-order valence-corrected chi connectivity index (χ4v) is 3.08. The summed E-state index contributed by atoms with van der Waals surface area (Å²) in [5, 5.41) is 0. The number of hydrogen-bond donors (Lipinski definition) is 0. The van der Waals surface area contributed by atoms with Gasteiger partial charge in [-0.05, 0) is 41.3 Å². The van der Waals surface area contributed by atoms with Crippen LogP contribution in [0.5, 0.6) is 11.5 Å². The highest BCUT2D eigenvalue weighted by atomic mass is 79.9. The van der Waals surface area contributed by atoms with Gasteiger partial charge in [-0.1, -0.05) is 42.8 Å². The molecule has 0 atom stereocenters. The third-order valence-electron chi connectivity index (χ3n) is 3.67. The van der Waals surface area contributed by atoms with Gasteiger partial charge < -0.3 is 9.47 Å². The summed E-state index contributed by atoms with van der Waals surface area (Å²) in [7, 11) is 3.26. The highest BCUT2D eigenvalue weighted by molar-refractivity contribution is 9.10. The molecule has 0 spiro atoms. The molecular formula is C19H22BrNO3. The molecule has 0 unspecified atom stereocenters. The van der Waals surface area contributed by atoms with Gasteiger partial charge in [-0.15, -0.1) is 0 Å². The monoisotopic (exact) mass is 391 g/mol. The van der Waals surface area contributed by atoms with Gasteiger partial charge in [-0.2, -0.15) is 0 Å². The van der Waals surface area contributed by atoms with Gasteiger partial charge >= 0.3 is 6.09 Å². The minimum absolute atomic E-state index is 0.0556. The van der Waals surface area contributed by atoms with Crippen LogP contribution in [-0.2, 0) is 5.41 Å². The molecule has 2 aromatic rings. The summed E-state index contributed by atoms with van der Waals surface area (Å²) < 4.78 is 11.7. The lowest BCUT2D eigenvalue weighted by Crippen LogP contribution is -2.29. The highest BCUT2D eigenvalue weighted by Gasteiger charge is 2.20. The van der Waals surface area contributed by atoms with E-state index in [4.69, 9.17) is 9.47 Å². The van der Waals surface area contributed by atoms with E-state index in [1.165, 1.54) is 4.90 Å². The van der Waals surface area contributed by atoms with Crippen LogP contribution in [-0.4, -0.2) is 20.3 Å². The minimum Gasteiger partial charge on any atom is -0.497 e. The Morgan fingerprint density at radius 3 is 2.42 bits per heavy atom. The van der Waals surface area contributed by atoms with Gasteiger partial charge in [0.1, 0.15) is 11.5 Å². The number of carbonyl (C=O) groups excluding carboxylic acids is 1. The molecule has 0 aliphatic carbocycles. The lowest BCUT2D eigenvalue weighted by molar-refractivity contribution is 0.209. The Hall–Kier alpha value is -2.01. The first-order chi connectivity index (χ1) is 11.2. The van der Waals surface area contributed by atoms with E-state index < -0.39 is 6.09 Å². The van der Waals surface area contributed by atoms with Crippen molar-refractivity contribution >= 4 is 27.7 Å². The maximum Gasteiger partial charge on any atom is 0.419 e. The molecule has 0 N–H and O–H groups in total. The molecule has 0 fully saturated rings. The molecule has 0 aliphatic heterocycles.